The van der Waals surface area contributed by atoms with Gasteiger partial charge in [0, 0.05) is 12.6 Å². The Balaban J connectivity index is 1.68. The van der Waals surface area contributed by atoms with Crippen molar-refractivity contribution < 1.29 is 24.2 Å². The Kier molecular flexibility index (Phi) is 8.66. The number of nitrogens with two attached hydrogens (primary N) is 1. The van der Waals surface area contributed by atoms with E-state index in [0.717, 1.165) is 11.1 Å². The molecule has 3 rings (SSSR count). The van der Waals surface area contributed by atoms with Crippen LogP contribution in [0.1, 0.15) is 17.2 Å². The molecule has 4 N–H and O–H groups in total. The van der Waals surface area contributed by atoms with Gasteiger partial charge < -0.3 is 30.4 Å². The van der Waals surface area contributed by atoms with Gasteiger partial charge in [-0.3, -0.25) is 10.1 Å². The Hall–Kier alpha value is -3.82. The molecule has 2 unspecified atom stereocenters. The highest BCUT2D eigenvalue weighted by Gasteiger charge is 2.18. The first-order valence-corrected chi connectivity index (χ1v) is 10.7. The lowest BCUT2D eigenvalue weighted by Gasteiger charge is -2.23. The average molecular weight is 468 g/mol. The molecule has 0 aromatic heterocycles. The van der Waals surface area contributed by atoms with Crippen LogP contribution in [0.25, 0.3) is 0 Å². The SMILES string of the molecule is COc1ccc(C(Cc2ccccc2)NCC(O)COc2ccc(N)c([N+](=O)[O-])c2)cc1OC. The maximum atomic E-state index is 11.1. The Morgan fingerprint density at radius 1 is 1.03 bits per heavy atom. The Labute approximate surface area is 198 Å². The zero-order valence-corrected chi connectivity index (χ0v) is 19.1. The molecule has 0 aliphatic rings. The zero-order chi connectivity index (χ0) is 24.5. The Morgan fingerprint density at radius 3 is 2.44 bits per heavy atom. The minimum absolute atomic E-state index is 0.0436. The third-order valence-electron chi connectivity index (χ3n) is 5.33. The summed E-state index contributed by atoms with van der Waals surface area (Å²) in [5.74, 6) is 1.52. The fraction of sp³-hybridized carbons (Fsp3) is 0.280. The summed E-state index contributed by atoms with van der Waals surface area (Å²) >= 11 is 0. The molecule has 0 saturated heterocycles. The third-order valence-corrected chi connectivity index (χ3v) is 5.33. The summed E-state index contributed by atoms with van der Waals surface area (Å²) in [6.45, 7) is 0.195. The smallest absolute Gasteiger partial charge is 0.295 e. The number of anilines is 1. The number of nitro groups is 1. The van der Waals surface area contributed by atoms with Gasteiger partial charge in [-0.25, -0.2) is 0 Å². The zero-order valence-electron chi connectivity index (χ0n) is 19.1. The number of hydrogen-bond acceptors (Lipinski definition) is 8. The molecular formula is C25H29N3O6. The van der Waals surface area contributed by atoms with E-state index in [0.29, 0.717) is 17.9 Å². The molecule has 2 atom stereocenters. The maximum Gasteiger partial charge on any atom is 0.295 e. The summed E-state index contributed by atoms with van der Waals surface area (Å²) in [5.41, 5.74) is 7.54. The van der Waals surface area contributed by atoms with Crippen LogP contribution in [0.2, 0.25) is 0 Å². The summed E-state index contributed by atoms with van der Waals surface area (Å²) in [6.07, 6.45) is -0.163. The Morgan fingerprint density at radius 2 is 1.76 bits per heavy atom. The molecule has 0 spiro atoms. The molecule has 180 valence electrons. The molecular weight excluding hydrogens is 438 g/mol. The molecule has 9 nitrogen and oxygen atoms in total. The van der Waals surface area contributed by atoms with Gasteiger partial charge in [-0.15, -0.1) is 0 Å². The van der Waals surface area contributed by atoms with Gasteiger partial charge >= 0.3 is 0 Å². The number of ether oxygens (including phenoxy) is 3. The van der Waals surface area contributed by atoms with E-state index in [1.807, 2.05) is 48.5 Å². The lowest BCUT2D eigenvalue weighted by molar-refractivity contribution is -0.384. The van der Waals surface area contributed by atoms with Gasteiger partial charge in [0.05, 0.1) is 25.2 Å². The van der Waals surface area contributed by atoms with E-state index < -0.39 is 11.0 Å². The van der Waals surface area contributed by atoms with Crippen LogP contribution in [0, 0.1) is 10.1 Å². The van der Waals surface area contributed by atoms with E-state index in [1.54, 1.807) is 14.2 Å². The highest BCUT2D eigenvalue weighted by atomic mass is 16.6. The number of benzene rings is 3. The van der Waals surface area contributed by atoms with Crippen molar-refractivity contribution in [3.05, 3.63) is 88.0 Å². The number of nitro benzene ring substituents is 1. The van der Waals surface area contributed by atoms with Gasteiger partial charge in [-0.1, -0.05) is 36.4 Å². The minimum atomic E-state index is -0.852. The molecule has 0 saturated carbocycles. The number of aliphatic hydroxyl groups excluding tert-OH is 1. The number of nitrogens with zero attached hydrogens (tertiary/aromatic N) is 1. The van der Waals surface area contributed by atoms with Crippen molar-refractivity contribution >= 4 is 11.4 Å². The second kappa shape index (κ2) is 11.9. The molecule has 34 heavy (non-hydrogen) atoms. The van der Waals surface area contributed by atoms with Crippen molar-refractivity contribution in [1.82, 2.24) is 5.32 Å². The van der Waals surface area contributed by atoms with E-state index >= 15 is 0 Å². The number of rotatable bonds is 12. The number of nitrogens with one attached hydrogen (secondary N) is 1. The fourth-order valence-electron chi connectivity index (χ4n) is 3.53. The van der Waals surface area contributed by atoms with Crippen LogP contribution in [0.5, 0.6) is 17.2 Å². The van der Waals surface area contributed by atoms with Crippen molar-refractivity contribution in [3.8, 4) is 17.2 Å². The second-order valence-corrected chi connectivity index (χ2v) is 7.71. The van der Waals surface area contributed by atoms with Crippen molar-refractivity contribution in [1.29, 1.82) is 0 Å². The van der Waals surface area contributed by atoms with Crippen molar-refractivity contribution in [2.24, 2.45) is 0 Å². The molecule has 0 radical (unpaired) electrons. The number of hydrogen-bond donors (Lipinski definition) is 3. The highest BCUT2D eigenvalue weighted by molar-refractivity contribution is 5.60. The van der Waals surface area contributed by atoms with Gasteiger partial charge in [0.1, 0.15) is 24.1 Å². The van der Waals surface area contributed by atoms with E-state index in [9.17, 15) is 15.2 Å². The first-order valence-electron chi connectivity index (χ1n) is 10.7. The van der Waals surface area contributed by atoms with E-state index in [2.05, 4.69) is 5.32 Å². The van der Waals surface area contributed by atoms with E-state index in [-0.39, 0.29) is 36.3 Å². The number of aliphatic hydroxyl groups is 1. The number of methoxy groups -OCH3 is 2. The highest BCUT2D eigenvalue weighted by Crippen LogP contribution is 2.31. The lowest BCUT2D eigenvalue weighted by Crippen LogP contribution is -2.34. The average Bonchev–Trinajstić information content (AvgIpc) is 2.86. The van der Waals surface area contributed by atoms with E-state index in [4.69, 9.17) is 19.9 Å². The predicted octanol–water partition coefficient (Wildman–Crippen LogP) is 3.51. The molecule has 0 aliphatic heterocycles. The normalized spacial score (nSPS) is 12.6. The van der Waals surface area contributed by atoms with Crippen LogP contribution in [0.4, 0.5) is 11.4 Å². The van der Waals surface area contributed by atoms with Gasteiger partial charge in [0.15, 0.2) is 11.5 Å². The van der Waals surface area contributed by atoms with E-state index in [1.165, 1.54) is 18.2 Å². The third kappa shape index (κ3) is 6.60. The Bertz CT molecular complexity index is 1090. The van der Waals surface area contributed by atoms with Gasteiger partial charge in [0.25, 0.3) is 5.69 Å². The van der Waals surface area contributed by atoms with Crippen LogP contribution in [0.15, 0.2) is 66.7 Å². The van der Waals surface area contributed by atoms with Crippen LogP contribution in [0.3, 0.4) is 0 Å². The molecule has 0 heterocycles. The summed E-state index contributed by atoms with van der Waals surface area (Å²) in [6, 6.07) is 19.8. The molecule has 3 aromatic rings. The first kappa shape index (κ1) is 24.8. The van der Waals surface area contributed by atoms with Crippen LogP contribution in [-0.4, -0.2) is 43.5 Å². The molecule has 0 bridgehead atoms. The summed E-state index contributed by atoms with van der Waals surface area (Å²) in [4.78, 5) is 10.5. The summed E-state index contributed by atoms with van der Waals surface area (Å²) in [7, 11) is 3.17. The second-order valence-electron chi connectivity index (χ2n) is 7.71. The molecule has 0 amide bonds. The lowest BCUT2D eigenvalue weighted by atomic mass is 9.98. The monoisotopic (exact) mass is 467 g/mol. The van der Waals surface area contributed by atoms with Gasteiger partial charge in [-0.2, -0.15) is 0 Å². The molecule has 9 heteroatoms. The fourth-order valence-corrected chi connectivity index (χ4v) is 3.53. The molecule has 0 aliphatic carbocycles. The van der Waals surface area contributed by atoms with Crippen molar-refractivity contribution in [2.45, 2.75) is 18.6 Å². The number of nitrogen functional groups attached to an aromatic ring is 1. The van der Waals surface area contributed by atoms with Crippen LogP contribution < -0.4 is 25.3 Å². The summed E-state index contributed by atoms with van der Waals surface area (Å²) < 4.78 is 16.3. The quantitative estimate of drug-likeness (QED) is 0.210. The van der Waals surface area contributed by atoms with Crippen LogP contribution in [-0.2, 0) is 6.42 Å². The van der Waals surface area contributed by atoms with Crippen molar-refractivity contribution in [3.63, 3.8) is 0 Å². The summed E-state index contributed by atoms with van der Waals surface area (Å²) in [5, 5.41) is 24.9. The maximum absolute atomic E-state index is 11.1. The minimum Gasteiger partial charge on any atom is -0.493 e. The molecule has 0 fully saturated rings. The first-order chi connectivity index (χ1) is 16.4. The predicted molar refractivity (Wildman–Crippen MR) is 129 cm³/mol. The largest absolute Gasteiger partial charge is 0.493 e. The van der Waals surface area contributed by atoms with Crippen LogP contribution >= 0.6 is 0 Å². The standard InChI is InChI=1S/C25H29N3O6/c1-32-24-11-8-18(13-25(24)33-2)22(12-17-6-4-3-5-7-17)27-15-19(29)16-34-20-9-10-21(26)23(14-20)28(30)31/h3-11,13-14,19,22,27,29H,12,15-16,26H2,1-2H3. The topological polar surface area (TPSA) is 129 Å². The van der Waals surface area contributed by atoms with Gasteiger partial charge in [0.2, 0.25) is 0 Å². The molecule has 3 aromatic carbocycles. The van der Waals surface area contributed by atoms with Gasteiger partial charge in [-0.05, 0) is 41.8 Å². The van der Waals surface area contributed by atoms with Crippen molar-refractivity contribution in [2.75, 3.05) is 33.1 Å².